The van der Waals surface area contributed by atoms with Crippen LogP contribution in [0.25, 0.3) is 11.1 Å². The number of morpholine rings is 1. The highest BCUT2D eigenvalue weighted by Gasteiger charge is 2.23. The molecule has 4 rings (SSSR count). The molecule has 1 fully saturated rings. The first-order chi connectivity index (χ1) is 15.7. The molecular formula is C26H27FN2O3. The third kappa shape index (κ3) is 5.93. The average molecular weight is 435 g/mol. The first kappa shape index (κ1) is 22.0. The van der Waals surface area contributed by atoms with Gasteiger partial charge in [-0.05, 0) is 41.0 Å². The van der Waals surface area contributed by atoms with Crippen molar-refractivity contribution in [3.63, 3.8) is 0 Å². The molecule has 3 aromatic carbocycles. The van der Waals surface area contributed by atoms with E-state index >= 15 is 0 Å². The number of amides is 1. The van der Waals surface area contributed by atoms with Crippen LogP contribution in [0.1, 0.15) is 11.6 Å². The van der Waals surface area contributed by atoms with E-state index < -0.39 is 0 Å². The van der Waals surface area contributed by atoms with Crippen molar-refractivity contribution in [1.29, 1.82) is 0 Å². The maximum atomic E-state index is 13.4. The fraction of sp³-hybridized carbons (Fsp3) is 0.269. The van der Waals surface area contributed by atoms with Crippen LogP contribution in [0, 0.1) is 5.82 Å². The Hall–Kier alpha value is -3.22. The Morgan fingerprint density at radius 3 is 2.28 bits per heavy atom. The Bertz CT molecular complexity index is 988. The van der Waals surface area contributed by atoms with Crippen LogP contribution in [-0.2, 0) is 9.53 Å². The lowest BCUT2D eigenvalue weighted by Crippen LogP contribution is -2.44. The summed E-state index contributed by atoms with van der Waals surface area (Å²) < 4.78 is 24.5. The molecule has 1 saturated heterocycles. The molecule has 1 amide bonds. The Morgan fingerprint density at radius 2 is 1.59 bits per heavy atom. The molecule has 6 heteroatoms. The molecule has 1 aliphatic rings. The number of benzene rings is 3. The van der Waals surface area contributed by atoms with Gasteiger partial charge < -0.3 is 14.8 Å². The summed E-state index contributed by atoms with van der Waals surface area (Å²) in [4.78, 5) is 14.7. The van der Waals surface area contributed by atoms with Gasteiger partial charge in [-0.25, -0.2) is 4.39 Å². The predicted octanol–water partition coefficient (Wildman–Crippen LogP) is 4.06. The number of rotatable bonds is 8. The first-order valence-electron chi connectivity index (χ1n) is 10.8. The quantitative estimate of drug-likeness (QED) is 0.581. The lowest BCUT2D eigenvalue weighted by atomic mass is 10.0. The molecule has 0 bridgehead atoms. The Balaban J connectivity index is 1.31. The van der Waals surface area contributed by atoms with E-state index in [1.807, 2.05) is 42.5 Å². The van der Waals surface area contributed by atoms with E-state index in [9.17, 15) is 9.18 Å². The molecule has 1 aliphatic heterocycles. The molecule has 0 spiro atoms. The van der Waals surface area contributed by atoms with Crippen molar-refractivity contribution in [2.45, 2.75) is 6.04 Å². The van der Waals surface area contributed by atoms with E-state index in [1.165, 1.54) is 12.1 Å². The normalized spacial score (nSPS) is 15.2. The predicted molar refractivity (Wildman–Crippen MR) is 122 cm³/mol. The molecule has 3 aromatic rings. The number of nitrogens with one attached hydrogen (secondary N) is 1. The summed E-state index contributed by atoms with van der Waals surface area (Å²) in [7, 11) is 0. The van der Waals surface area contributed by atoms with Gasteiger partial charge in [0.15, 0.2) is 6.61 Å². The minimum Gasteiger partial charge on any atom is -0.484 e. The molecule has 0 aliphatic carbocycles. The minimum atomic E-state index is -0.273. The van der Waals surface area contributed by atoms with Gasteiger partial charge in [0, 0.05) is 19.6 Å². The number of ether oxygens (including phenoxy) is 2. The van der Waals surface area contributed by atoms with Crippen molar-refractivity contribution >= 4 is 5.91 Å². The van der Waals surface area contributed by atoms with E-state index in [0.29, 0.717) is 25.5 Å². The lowest BCUT2D eigenvalue weighted by molar-refractivity contribution is -0.123. The fourth-order valence-electron chi connectivity index (χ4n) is 3.82. The highest BCUT2D eigenvalue weighted by atomic mass is 19.1. The summed E-state index contributed by atoms with van der Waals surface area (Å²) >= 11 is 0. The zero-order valence-corrected chi connectivity index (χ0v) is 17.9. The molecule has 0 aromatic heterocycles. The molecular weight excluding hydrogens is 407 g/mol. The number of halogens is 1. The van der Waals surface area contributed by atoms with Gasteiger partial charge in [0.05, 0.1) is 19.3 Å². The van der Waals surface area contributed by atoms with E-state index in [4.69, 9.17) is 9.47 Å². The number of nitrogens with zero attached hydrogens (tertiary/aromatic N) is 1. The molecule has 5 nitrogen and oxygen atoms in total. The summed E-state index contributed by atoms with van der Waals surface area (Å²) in [5, 5.41) is 2.96. The van der Waals surface area contributed by atoms with Crippen LogP contribution >= 0.6 is 0 Å². The van der Waals surface area contributed by atoms with Crippen LogP contribution in [0.4, 0.5) is 4.39 Å². The second-order valence-electron chi connectivity index (χ2n) is 7.70. The lowest BCUT2D eigenvalue weighted by Gasteiger charge is -2.35. The van der Waals surface area contributed by atoms with Gasteiger partial charge in [0.1, 0.15) is 11.6 Å². The second kappa shape index (κ2) is 10.9. The summed E-state index contributed by atoms with van der Waals surface area (Å²) in [5.41, 5.74) is 3.19. The van der Waals surface area contributed by atoms with E-state index in [2.05, 4.69) is 22.3 Å². The van der Waals surface area contributed by atoms with Crippen molar-refractivity contribution in [3.05, 3.63) is 90.2 Å². The summed E-state index contributed by atoms with van der Waals surface area (Å²) in [6, 6.07) is 24.2. The van der Waals surface area contributed by atoms with Gasteiger partial charge in [0.25, 0.3) is 5.91 Å². The summed E-state index contributed by atoms with van der Waals surface area (Å²) in [6.07, 6.45) is 0. The topological polar surface area (TPSA) is 50.8 Å². The number of carbonyl (C=O) groups excluding carboxylic acids is 1. The van der Waals surface area contributed by atoms with Crippen molar-refractivity contribution in [2.24, 2.45) is 0 Å². The van der Waals surface area contributed by atoms with Crippen LogP contribution in [0.5, 0.6) is 5.75 Å². The Kier molecular flexibility index (Phi) is 7.48. The fourth-order valence-corrected chi connectivity index (χ4v) is 3.82. The molecule has 1 N–H and O–H groups in total. The molecule has 1 heterocycles. The second-order valence-corrected chi connectivity index (χ2v) is 7.70. The molecule has 1 atom stereocenters. The molecule has 32 heavy (non-hydrogen) atoms. The highest BCUT2D eigenvalue weighted by molar-refractivity contribution is 5.77. The van der Waals surface area contributed by atoms with Crippen LogP contribution < -0.4 is 10.1 Å². The van der Waals surface area contributed by atoms with Crippen molar-refractivity contribution < 1.29 is 18.7 Å². The van der Waals surface area contributed by atoms with Gasteiger partial charge in [-0.1, -0.05) is 54.6 Å². The van der Waals surface area contributed by atoms with Gasteiger partial charge in [-0.3, -0.25) is 9.69 Å². The smallest absolute Gasteiger partial charge is 0.258 e. The largest absolute Gasteiger partial charge is 0.484 e. The molecule has 0 radical (unpaired) electrons. The summed E-state index contributed by atoms with van der Waals surface area (Å²) in [5.74, 6) is 0.172. The molecule has 166 valence electrons. The van der Waals surface area contributed by atoms with Crippen LogP contribution in [0.2, 0.25) is 0 Å². The summed E-state index contributed by atoms with van der Waals surface area (Å²) in [6.45, 7) is 3.18. The van der Waals surface area contributed by atoms with Crippen molar-refractivity contribution in [3.8, 4) is 16.9 Å². The van der Waals surface area contributed by atoms with E-state index in [0.717, 1.165) is 29.8 Å². The average Bonchev–Trinajstić information content (AvgIpc) is 2.85. The molecule has 0 saturated carbocycles. The third-order valence-electron chi connectivity index (χ3n) is 5.57. The van der Waals surface area contributed by atoms with Crippen molar-refractivity contribution in [1.82, 2.24) is 10.2 Å². The van der Waals surface area contributed by atoms with Crippen LogP contribution in [0.15, 0.2) is 78.9 Å². The number of carbonyl (C=O) groups is 1. The monoisotopic (exact) mass is 434 g/mol. The zero-order valence-electron chi connectivity index (χ0n) is 17.9. The first-order valence-corrected chi connectivity index (χ1v) is 10.8. The number of hydrogen-bond donors (Lipinski definition) is 1. The Morgan fingerprint density at radius 1 is 0.938 bits per heavy atom. The van der Waals surface area contributed by atoms with E-state index in [1.54, 1.807) is 12.1 Å². The maximum Gasteiger partial charge on any atom is 0.258 e. The SMILES string of the molecule is O=C(COc1ccc(-c2ccccc2)cc1)NC[C@@H](c1ccc(F)cc1)N1CCOCC1. The van der Waals surface area contributed by atoms with Gasteiger partial charge in [-0.15, -0.1) is 0 Å². The third-order valence-corrected chi connectivity index (χ3v) is 5.57. The van der Waals surface area contributed by atoms with Crippen LogP contribution in [0.3, 0.4) is 0 Å². The van der Waals surface area contributed by atoms with Gasteiger partial charge in [0.2, 0.25) is 0 Å². The van der Waals surface area contributed by atoms with Gasteiger partial charge in [-0.2, -0.15) is 0 Å². The minimum absolute atomic E-state index is 0.0476. The van der Waals surface area contributed by atoms with Crippen LogP contribution in [-0.4, -0.2) is 50.3 Å². The van der Waals surface area contributed by atoms with Gasteiger partial charge >= 0.3 is 0 Å². The maximum absolute atomic E-state index is 13.4. The Labute approximate surface area is 187 Å². The highest BCUT2D eigenvalue weighted by Crippen LogP contribution is 2.23. The standard InChI is InChI=1S/C26H27FN2O3/c27-23-10-6-22(7-11-23)25(29-14-16-31-17-15-29)18-28-26(30)19-32-24-12-8-21(9-13-24)20-4-2-1-3-5-20/h1-13,25H,14-19H2,(H,28,30)/t25-/m0/s1. The van der Waals surface area contributed by atoms with E-state index in [-0.39, 0.29) is 24.4 Å². The molecule has 0 unspecified atom stereocenters. The number of hydrogen-bond acceptors (Lipinski definition) is 4. The van der Waals surface area contributed by atoms with Crippen molar-refractivity contribution in [2.75, 3.05) is 39.5 Å². The zero-order chi connectivity index (χ0) is 22.2.